The van der Waals surface area contributed by atoms with Gasteiger partial charge in [0.2, 0.25) is 0 Å². The first-order valence-corrected chi connectivity index (χ1v) is 7.89. The van der Waals surface area contributed by atoms with Gasteiger partial charge in [0.15, 0.2) is 0 Å². The van der Waals surface area contributed by atoms with Gasteiger partial charge in [0.1, 0.15) is 0 Å². The van der Waals surface area contributed by atoms with Crippen molar-refractivity contribution < 1.29 is 10.2 Å². The van der Waals surface area contributed by atoms with Crippen LogP contribution in [0.4, 0.5) is 0 Å². The molecule has 0 bridgehead atoms. The van der Waals surface area contributed by atoms with Crippen molar-refractivity contribution >= 4 is 0 Å². The number of aliphatic hydroxyl groups excluding tert-OH is 2. The molecule has 0 aromatic heterocycles. The van der Waals surface area contributed by atoms with E-state index in [4.69, 9.17) is 0 Å². The van der Waals surface area contributed by atoms with Gasteiger partial charge in [0.25, 0.3) is 0 Å². The average Bonchev–Trinajstić information content (AvgIpc) is 2.80. The Labute approximate surface area is 116 Å². The minimum atomic E-state index is -0.333. The quantitative estimate of drug-likeness (QED) is 0.660. The van der Waals surface area contributed by atoms with E-state index in [1.807, 2.05) is 0 Å². The maximum absolute atomic E-state index is 11.2. The van der Waals surface area contributed by atoms with Crippen LogP contribution in [-0.2, 0) is 0 Å². The molecule has 108 valence electrons. The Balaban J connectivity index is 2.07. The second-order valence-electron chi connectivity index (χ2n) is 7.71. The molecule has 2 N–H and O–H groups in total. The molecule has 7 atom stereocenters. The summed E-state index contributed by atoms with van der Waals surface area (Å²) in [4.78, 5) is 0. The molecule has 2 heteroatoms. The lowest BCUT2D eigenvalue weighted by Gasteiger charge is -2.47. The topological polar surface area (TPSA) is 40.5 Å². The standard InChI is InChI=1S/C17H28O2/c1-10-7-8-14(18)13-9-17(15(19)16(10,13)4)11(2)5-6-12(17)3/h10,12-15,18-19H,2,5-9H2,1,3-4H3/t10-,12-,13-,14-,15-,16+,17+/m1/s1. The van der Waals surface area contributed by atoms with Crippen molar-refractivity contribution in [3.63, 3.8) is 0 Å². The lowest BCUT2D eigenvalue weighted by atomic mass is 9.60. The third-order valence-electron chi connectivity index (χ3n) is 7.27. The molecular weight excluding hydrogens is 236 g/mol. The molecule has 3 saturated carbocycles. The fraction of sp³-hybridized carbons (Fsp3) is 0.882. The minimum absolute atomic E-state index is 0.126. The maximum Gasteiger partial charge on any atom is 0.0695 e. The molecule has 0 aliphatic heterocycles. The second-order valence-corrected chi connectivity index (χ2v) is 7.71. The molecule has 0 aromatic carbocycles. The van der Waals surface area contributed by atoms with Gasteiger partial charge in [0, 0.05) is 10.8 Å². The summed E-state index contributed by atoms with van der Waals surface area (Å²) in [6, 6.07) is 0. The Morgan fingerprint density at radius 2 is 1.79 bits per heavy atom. The third-order valence-corrected chi connectivity index (χ3v) is 7.27. The zero-order valence-corrected chi connectivity index (χ0v) is 12.5. The summed E-state index contributed by atoms with van der Waals surface area (Å²) >= 11 is 0. The molecular formula is C17H28O2. The Hall–Kier alpha value is -0.340. The van der Waals surface area contributed by atoms with Crippen LogP contribution in [-0.4, -0.2) is 22.4 Å². The van der Waals surface area contributed by atoms with Gasteiger partial charge >= 0.3 is 0 Å². The third kappa shape index (κ3) is 1.45. The normalized spacial score (nSPS) is 57.7. The van der Waals surface area contributed by atoms with E-state index in [-0.39, 0.29) is 29.0 Å². The molecule has 0 radical (unpaired) electrons. The summed E-state index contributed by atoms with van der Waals surface area (Å²) in [6.45, 7) is 11.0. The Morgan fingerprint density at radius 3 is 2.32 bits per heavy atom. The molecule has 0 heterocycles. The van der Waals surface area contributed by atoms with Crippen LogP contribution in [0.25, 0.3) is 0 Å². The first-order chi connectivity index (χ1) is 8.85. The van der Waals surface area contributed by atoms with Crippen LogP contribution in [0.5, 0.6) is 0 Å². The summed E-state index contributed by atoms with van der Waals surface area (Å²) in [5.41, 5.74) is 0.973. The number of rotatable bonds is 0. The highest BCUT2D eigenvalue weighted by molar-refractivity contribution is 5.28. The van der Waals surface area contributed by atoms with Crippen molar-refractivity contribution in [2.24, 2.45) is 28.6 Å². The van der Waals surface area contributed by atoms with Crippen molar-refractivity contribution in [3.8, 4) is 0 Å². The molecule has 1 spiro atoms. The second kappa shape index (κ2) is 4.08. The molecule has 3 fully saturated rings. The zero-order chi connectivity index (χ0) is 14.0. The highest BCUT2D eigenvalue weighted by Gasteiger charge is 2.67. The SMILES string of the molecule is C=C1CC[C@@H](C)[C@]12C[C@@H]1[C@H](O)CC[C@@H](C)[C@]1(C)[C@H]2O. The van der Waals surface area contributed by atoms with Crippen LogP contribution >= 0.6 is 0 Å². The van der Waals surface area contributed by atoms with Crippen molar-refractivity contribution in [2.45, 2.75) is 65.1 Å². The first-order valence-electron chi connectivity index (χ1n) is 7.89. The smallest absolute Gasteiger partial charge is 0.0695 e. The number of hydrogen-bond donors (Lipinski definition) is 2. The summed E-state index contributed by atoms with van der Waals surface area (Å²) in [6.07, 6.45) is 4.48. The van der Waals surface area contributed by atoms with E-state index in [1.165, 1.54) is 5.57 Å². The predicted molar refractivity (Wildman–Crippen MR) is 76.6 cm³/mol. The van der Waals surface area contributed by atoms with E-state index in [9.17, 15) is 10.2 Å². The molecule has 0 unspecified atom stereocenters. The fourth-order valence-corrected chi connectivity index (χ4v) is 5.61. The molecule has 0 saturated heterocycles. The van der Waals surface area contributed by atoms with Crippen molar-refractivity contribution in [1.29, 1.82) is 0 Å². The van der Waals surface area contributed by atoms with E-state index < -0.39 is 0 Å². The lowest BCUT2D eigenvalue weighted by molar-refractivity contribution is -0.0968. The van der Waals surface area contributed by atoms with Gasteiger partial charge in [-0.15, -0.1) is 0 Å². The summed E-state index contributed by atoms with van der Waals surface area (Å²) in [5.74, 6) is 1.22. The van der Waals surface area contributed by atoms with Gasteiger partial charge in [-0.25, -0.2) is 0 Å². The lowest BCUT2D eigenvalue weighted by Crippen LogP contribution is -2.49. The van der Waals surface area contributed by atoms with Crippen LogP contribution in [0.1, 0.15) is 52.9 Å². The van der Waals surface area contributed by atoms with E-state index in [0.29, 0.717) is 11.8 Å². The first kappa shape index (κ1) is 13.6. The molecule has 3 aliphatic carbocycles. The van der Waals surface area contributed by atoms with Gasteiger partial charge in [0.05, 0.1) is 12.2 Å². The largest absolute Gasteiger partial charge is 0.393 e. The van der Waals surface area contributed by atoms with Gasteiger partial charge in [-0.1, -0.05) is 32.9 Å². The Morgan fingerprint density at radius 1 is 1.11 bits per heavy atom. The Kier molecular flexibility index (Phi) is 2.93. The van der Waals surface area contributed by atoms with E-state index >= 15 is 0 Å². The summed E-state index contributed by atoms with van der Waals surface area (Å²) in [7, 11) is 0. The van der Waals surface area contributed by atoms with Gasteiger partial charge in [-0.2, -0.15) is 0 Å². The molecule has 3 aliphatic rings. The van der Waals surface area contributed by atoms with Crippen LogP contribution < -0.4 is 0 Å². The number of hydrogen-bond acceptors (Lipinski definition) is 2. The molecule has 0 amide bonds. The monoisotopic (exact) mass is 264 g/mol. The van der Waals surface area contributed by atoms with E-state index in [1.54, 1.807) is 0 Å². The highest BCUT2D eigenvalue weighted by Crippen LogP contribution is 2.68. The van der Waals surface area contributed by atoms with Gasteiger partial charge in [-0.05, 0) is 49.9 Å². The zero-order valence-electron chi connectivity index (χ0n) is 12.5. The molecule has 19 heavy (non-hydrogen) atoms. The minimum Gasteiger partial charge on any atom is -0.393 e. The number of aliphatic hydroxyl groups is 2. The van der Waals surface area contributed by atoms with Gasteiger partial charge in [-0.3, -0.25) is 0 Å². The van der Waals surface area contributed by atoms with Crippen LogP contribution in [0.2, 0.25) is 0 Å². The number of fused-ring (bicyclic) bond motifs is 1. The van der Waals surface area contributed by atoms with Crippen molar-refractivity contribution in [2.75, 3.05) is 0 Å². The van der Waals surface area contributed by atoms with Crippen LogP contribution in [0.15, 0.2) is 12.2 Å². The molecule has 3 rings (SSSR count). The average molecular weight is 264 g/mol. The predicted octanol–water partition coefficient (Wildman–Crippen LogP) is 3.14. The van der Waals surface area contributed by atoms with Crippen LogP contribution in [0, 0.1) is 28.6 Å². The van der Waals surface area contributed by atoms with Crippen molar-refractivity contribution in [1.82, 2.24) is 0 Å². The highest BCUT2D eigenvalue weighted by atomic mass is 16.3. The van der Waals surface area contributed by atoms with Crippen LogP contribution in [0.3, 0.4) is 0 Å². The Bertz CT molecular complexity index is 404. The molecule has 2 nitrogen and oxygen atoms in total. The summed E-state index contributed by atoms with van der Waals surface area (Å²) < 4.78 is 0. The van der Waals surface area contributed by atoms with E-state index in [2.05, 4.69) is 27.4 Å². The van der Waals surface area contributed by atoms with E-state index in [0.717, 1.165) is 32.1 Å². The van der Waals surface area contributed by atoms with Gasteiger partial charge < -0.3 is 10.2 Å². The molecule has 0 aromatic rings. The fourth-order valence-electron chi connectivity index (χ4n) is 5.61. The summed E-state index contributed by atoms with van der Waals surface area (Å²) in [5, 5.41) is 21.6. The van der Waals surface area contributed by atoms with Crippen molar-refractivity contribution in [3.05, 3.63) is 12.2 Å². The maximum atomic E-state index is 11.2.